The van der Waals surface area contributed by atoms with Gasteiger partial charge in [0, 0.05) is 0 Å². The van der Waals surface area contributed by atoms with E-state index in [1.807, 2.05) is 0 Å². The van der Waals surface area contributed by atoms with Gasteiger partial charge in [0.25, 0.3) is 0 Å². The summed E-state index contributed by atoms with van der Waals surface area (Å²) in [5.74, 6) is 0.643. The van der Waals surface area contributed by atoms with E-state index in [4.69, 9.17) is 0 Å². The van der Waals surface area contributed by atoms with Gasteiger partial charge in [0.1, 0.15) is 0 Å². The van der Waals surface area contributed by atoms with Crippen LogP contribution in [0.3, 0.4) is 0 Å². The molecule has 0 saturated carbocycles. The van der Waals surface area contributed by atoms with E-state index in [2.05, 4.69) is 82.3 Å². The summed E-state index contributed by atoms with van der Waals surface area (Å²) in [6, 6.07) is 13.6. The molecule has 2 aromatic rings. The molecule has 0 amide bonds. The van der Waals surface area contributed by atoms with Gasteiger partial charge in [0.05, 0.1) is 0 Å². The Morgan fingerprint density at radius 2 is 1.46 bits per heavy atom. The normalized spacial score (nSPS) is 19.2. The van der Waals surface area contributed by atoms with Gasteiger partial charge in [0.15, 0.2) is 0 Å². The molecule has 0 nitrogen and oxygen atoms in total. The molecule has 26 heavy (non-hydrogen) atoms. The van der Waals surface area contributed by atoms with Crippen LogP contribution < -0.4 is 24.8 Å². The molecule has 2 atom stereocenters. The Balaban J connectivity index is 0.00000121. The molecule has 0 saturated heterocycles. The van der Waals surface area contributed by atoms with Gasteiger partial charge >= 0.3 is 158 Å². The second-order valence-electron chi connectivity index (χ2n) is 7.39. The van der Waals surface area contributed by atoms with Crippen LogP contribution >= 0.6 is 0 Å². The predicted molar refractivity (Wildman–Crippen MR) is 99.7 cm³/mol. The smallest absolute Gasteiger partial charge is 1.00 e. The van der Waals surface area contributed by atoms with Crippen molar-refractivity contribution in [3.8, 4) is 0 Å². The Morgan fingerprint density at radius 3 is 2.12 bits per heavy atom. The minimum Gasteiger partial charge on any atom is -1.00 e. The quantitative estimate of drug-likeness (QED) is 0.614. The molecule has 4 rings (SSSR count). The molecule has 0 heterocycles. The molecule has 0 aliphatic heterocycles. The van der Waals surface area contributed by atoms with E-state index >= 15 is 0 Å². The predicted octanol–water partition coefficient (Wildman–Crippen LogP) is 0.256. The monoisotopic (exact) mass is 460 g/mol. The maximum Gasteiger partial charge on any atom is -1.00 e. The molecule has 2 unspecified atom stereocenters. The number of halogens is 2. The molecular weight excluding hydrogens is 438 g/mol. The Labute approximate surface area is 181 Å². The second kappa shape index (κ2) is 8.60. The first kappa shape index (κ1) is 21.7. The standard InChI is InChI=1S/C13H15.C10H9.2ClH.Zr/c1-9(2)12-7-11-6-4-5-10(3)13(11)8-12;1-8-4-2-5-9-6-3-7-10(8)9;;;/h4-9H,1-3H3;2-7H,1H3;2*1H;/q;;;;+2/p-2. The van der Waals surface area contributed by atoms with Crippen LogP contribution in [0.1, 0.15) is 54.5 Å². The largest absolute Gasteiger partial charge is 1.00 e. The van der Waals surface area contributed by atoms with Crippen molar-refractivity contribution in [3.05, 3.63) is 81.4 Å². The molecule has 0 spiro atoms. The van der Waals surface area contributed by atoms with Crippen LogP contribution in [-0.4, -0.2) is 0 Å². The van der Waals surface area contributed by atoms with Gasteiger partial charge in [-0.05, 0) is 0 Å². The summed E-state index contributed by atoms with van der Waals surface area (Å²) in [6.45, 7) is 9.31. The van der Waals surface area contributed by atoms with Crippen molar-refractivity contribution in [2.45, 2.75) is 34.9 Å². The third-order valence-corrected chi connectivity index (χ3v) is 9.87. The zero-order valence-electron chi connectivity index (χ0n) is 15.7. The Morgan fingerprint density at radius 1 is 0.846 bits per heavy atom. The van der Waals surface area contributed by atoms with Crippen molar-refractivity contribution in [1.29, 1.82) is 0 Å². The third kappa shape index (κ3) is 3.69. The molecular formula is C23H24Cl2Zr. The minimum absolute atomic E-state index is 0. The number of fused-ring (bicyclic) bond motifs is 2. The Kier molecular flexibility index (Phi) is 7.17. The van der Waals surface area contributed by atoms with Gasteiger partial charge in [0.2, 0.25) is 0 Å². The van der Waals surface area contributed by atoms with E-state index < -0.39 is 23.2 Å². The van der Waals surface area contributed by atoms with Crippen LogP contribution in [0.5, 0.6) is 0 Å². The van der Waals surface area contributed by atoms with Crippen molar-refractivity contribution in [1.82, 2.24) is 0 Å². The van der Waals surface area contributed by atoms with Gasteiger partial charge in [-0.1, -0.05) is 0 Å². The van der Waals surface area contributed by atoms with Crippen molar-refractivity contribution >= 4 is 12.2 Å². The maximum atomic E-state index is 2.50. The summed E-state index contributed by atoms with van der Waals surface area (Å²) in [7, 11) is 0. The molecule has 0 aromatic heterocycles. The van der Waals surface area contributed by atoms with Crippen molar-refractivity contribution in [2.75, 3.05) is 0 Å². The maximum absolute atomic E-state index is 2.50. The first-order chi connectivity index (χ1) is 11.6. The topological polar surface area (TPSA) is 0 Å². The fraction of sp³-hybridized carbons (Fsp3) is 0.304. The second-order valence-corrected chi connectivity index (χ2v) is 11.2. The molecule has 0 fully saturated rings. The van der Waals surface area contributed by atoms with E-state index in [-0.39, 0.29) is 24.8 Å². The van der Waals surface area contributed by atoms with Crippen LogP contribution in [0.25, 0.3) is 12.2 Å². The Hall–Kier alpha value is -0.617. The SMILES string of the molecule is Cc1cccc2c1[CH]([Zr+2][CH]1C(C(C)C)=Cc3cccc(C)c31)C=C2.[Cl-].[Cl-]. The number of hydrogen-bond donors (Lipinski definition) is 0. The molecule has 0 bridgehead atoms. The number of benzene rings is 2. The van der Waals surface area contributed by atoms with Crippen LogP contribution in [-0.2, 0) is 23.2 Å². The fourth-order valence-electron chi connectivity index (χ4n) is 4.22. The number of aryl methyl sites for hydroxylation is 2. The summed E-state index contributed by atoms with van der Waals surface area (Å²) in [4.78, 5) is 0. The molecule has 0 N–H and O–H groups in total. The van der Waals surface area contributed by atoms with E-state index in [9.17, 15) is 0 Å². The third-order valence-electron chi connectivity index (χ3n) is 5.45. The number of hydrogen-bond acceptors (Lipinski definition) is 0. The summed E-state index contributed by atoms with van der Waals surface area (Å²) in [5.41, 5.74) is 10.8. The number of allylic oxidation sites excluding steroid dienone is 2. The van der Waals surface area contributed by atoms with Crippen LogP contribution in [0.4, 0.5) is 0 Å². The molecule has 3 heteroatoms. The summed E-state index contributed by atoms with van der Waals surface area (Å²) >= 11 is -0.684. The zero-order valence-corrected chi connectivity index (χ0v) is 19.7. The van der Waals surface area contributed by atoms with Gasteiger partial charge < -0.3 is 24.8 Å². The van der Waals surface area contributed by atoms with E-state index in [1.165, 1.54) is 22.3 Å². The van der Waals surface area contributed by atoms with Gasteiger partial charge in [-0.15, -0.1) is 0 Å². The molecule has 2 aliphatic carbocycles. The van der Waals surface area contributed by atoms with Crippen LogP contribution in [0.15, 0.2) is 48.0 Å². The first-order valence-electron chi connectivity index (χ1n) is 8.91. The Bertz CT molecular complexity index is 865. The van der Waals surface area contributed by atoms with Crippen molar-refractivity contribution in [2.24, 2.45) is 5.92 Å². The molecule has 134 valence electrons. The minimum atomic E-state index is -0.684. The van der Waals surface area contributed by atoms with Crippen LogP contribution in [0, 0.1) is 19.8 Å². The van der Waals surface area contributed by atoms with Crippen molar-refractivity contribution < 1.29 is 48.0 Å². The van der Waals surface area contributed by atoms with E-state index in [1.54, 1.807) is 16.7 Å². The average Bonchev–Trinajstić information content (AvgIpc) is 3.12. The fourth-order valence-corrected chi connectivity index (χ4v) is 9.87. The average molecular weight is 463 g/mol. The zero-order chi connectivity index (χ0) is 16.8. The summed E-state index contributed by atoms with van der Waals surface area (Å²) < 4.78 is 1.44. The number of rotatable bonds is 3. The molecule has 2 aromatic carbocycles. The van der Waals surface area contributed by atoms with Crippen molar-refractivity contribution in [3.63, 3.8) is 0 Å². The van der Waals surface area contributed by atoms with Gasteiger partial charge in [-0.2, -0.15) is 0 Å². The van der Waals surface area contributed by atoms with E-state index in [0.717, 1.165) is 3.63 Å². The summed E-state index contributed by atoms with van der Waals surface area (Å²) in [5, 5.41) is 0. The van der Waals surface area contributed by atoms with Gasteiger partial charge in [-0.3, -0.25) is 0 Å². The van der Waals surface area contributed by atoms with Crippen LogP contribution in [0.2, 0.25) is 0 Å². The first-order valence-corrected chi connectivity index (χ1v) is 11.7. The molecule has 0 radical (unpaired) electrons. The summed E-state index contributed by atoms with van der Waals surface area (Å²) in [6.07, 6.45) is 7.36. The molecule has 2 aliphatic rings. The van der Waals surface area contributed by atoms with E-state index in [0.29, 0.717) is 9.54 Å². The van der Waals surface area contributed by atoms with Gasteiger partial charge in [-0.25, -0.2) is 0 Å².